The van der Waals surface area contributed by atoms with Gasteiger partial charge in [-0.3, -0.25) is 4.79 Å². The minimum absolute atomic E-state index is 0.264. The minimum atomic E-state index is -0.647. The number of methoxy groups -OCH3 is 1. The monoisotopic (exact) mass is 297 g/mol. The smallest absolute Gasteiger partial charge is 0.328 e. The molecular formula is C15H20ClNO3. The summed E-state index contributed by atoms with van der Waals surface area (Å²) in [6.45, 7) is 5.78. The number of benzene rings is 1. The Morgan fingerprint density at radius 3 is 2.55 bits per heavy atom. The Morgan fingerprint density at radius 2 is 2.00 bits per heavy atom. The summed E-state index contributed by atoms with van der Waals surface area (Å²) in [5, 5.41) is 3.20. The zero-order valence-electron chi connectivity index (χ0n) is 12.2. The maximum atomic E-state index is 12.3. The molecule has 1 aromatic carbocycles. The predicted octanol–water partition coefficient (Wildman–Crippen LogP) is 2.97. The Hall–Kier alpha value is -1.55. The van der Waals surface area contributed by atoms with Crippen LogP contribution in [0.1, 0.15) is 36.2 Å². The SMILES string of the molecule is COC(=O)C(CC(C)C)NC(=O)c1cc(Cl)ccc1C. The van der Waals surface area contributed by atoms with E-state index >= 15 is 0 Å². The van der Waals surface area contributed by atoms with Gasteiger partial charge in [0.2, 0.25) is 0 Å². The zero-order chi connectivity index (χ0) is 15.3. The molecule has 20 heavy (non-hydrogen) atoms. The molecule has 0 radical (unpaired) electrons. The highest BCUT2D eigenvalue weighted by Gasteiger charge is 2.23. The highest BCUT2D eigenvalue weighted by molar-refractivity contribution is 6.31. The standard InChI is InChI=1S/C15H20ClNO3/c1-9(2)7-13(15(19)20-4)17-14(18)12-8-11(16)6-5-10(12)3/h5-6,8-9,13H,7H2,1-4H3,(H,17,18). The fraction of sp³-hybridized carbons (Fsp3) is 0.467. The fourth-order valence-electron chi connectivity index (χ4n) is 1.90. The van der Waals surface area contributed by atoms with Crippen LogP contribution in [0.5, 0.6) is 0 Å². The topological polar surface area (TPSA) is 55.4 Å². The van der Waals surface area contributed by atoms with Gasteiger partial charge in [-0.15, -0.1) is 0 Å². The minimum Gasteiger partial charge on any atom is -0.467 e. The molecule has 5 heteroatoms. The number of halogens is 1. The van der Waals surface area contributed by atoms with Gasteiger partial charge in [-0.2, -0.15) is 0 Å². The molecule has 0 aliphatic carbocycles. The first-order valence-corrected chi connectivity index (χ1v) is 6.87. The largest absolute Gasteiger partial charge is 0.467 e. The summed E-state index contributed by atoms with van der Waals surface area (Å²) < 4.78 is 4.72. The molecule has 0 aliphatic heterocycles. The molecule has 1 rings (SSSR count). The summed E-state index contributed by atoms with van der Waals surface area (Å²) in [6.07, 6.45) is 0.526. The van der Waals surface area contributed by atoms with Crippen molar-refractivity contribution in [1.29, 1.82) is 0 Å². The summed E-state index contributed by atoms with van der Waals surface area (Å²) in [7, 11) is 1.31. The van der Waals surface area contributed by atoms with Crippen molar-refractivity contribution in [2.75, 3.05) is 7.11 Å². The van der Waals surface area contributed by atoms with Crippen LogP contribution in [-0.4, -0.2) is 25.0 Å². The van der Waals surface area contributed by atoms with E-state index in [-0.39, 0.29) is 11.8 Å². The molecule has 4 nitrogen and oxygen atoms in total. The molecule has 0 saturated heterocycles. The molecule has 1 atom stereocenters. The first-order valence-electron chi connectivity index (χ1n) is 6.50. The van der Waals surface area contributed by atoms with Gasteiger partial charge in [0, 0.05) is 10.6 Å². The first-order chi connectivity index (χ1) is 9.35. The average molecular weight is 298 g/mol. The highest BCUT2D eigenvalue weighted by Crippen LogP contribution is 2.16. The highest BCUT2D eigenvalue weighted by atomic mass is 35.5. The number of carbonyl (C=O) groups excluding carboxylic acids is 2. The molecule has 110 valence electrons. The van der Waals surface area contributed by atoms with E-state index in [2.05, 4.69) is 5.32 Å². The maximum Gasteiger partial charge on any atom is 0.328 e. The molecule has 0 aliphatic rings. The second kappa shape index (κ2) is 7.29. The lowest BCUT2D eigenvalue weighted by Gasteiger charge is -2.19. The second-order valence-corrected chi connectivity index (χ2v) is 5.57. The van der Waals surface area contributed by atoms with E-state index in [9.17, 15) is 9.59 Å². The quantitative estimate of drug-likeness (QED) is 0.850. The van der Waals surface area contributed by atoms with Crippen molar-refractivity contribution >= 4 is 23.5 Å². The van der Waals surface area contributed by atoms with Crippen molar-refractivity contribution in [3.05, 3.63) is 34.3 Å². The molecule has 0 fully saturated rings. The first kappa shape index (κ1) is 16.5. The van der Waals surface area contributed by atoms with Crippen molar-refractivity contribution < 1.29 is 14.3 Å². The van der Waals surface area contributed by atoms with Crippen molar-refractivity contribution in [2.24, 2.45) is 5.92 Å². The molecule has 0 spiro atoms. The normalized spacial score (nSPS) is 12.1. The number of hydrogen-bond acceptors (Lipinski definition) is 3. The third-order valence-corrected chi connectivity index (χ3v) is 3.18. The van der Waals surface area contributed by atoms with Gasteiger partial charge in [0.25, 0.3) is 5.91 Å². The molecule has 1 N–H and O–H groups in total. The second-order valence-electron chi connectivity index (χ2n) is 5.14. The van der Waals surface area contributed by atoms with E-state index in [0.717, 1.165) is 5.56 Å². The van der Waals surface area contributed by atoms with Crippen LogP contribution in [0.15, 0.2) is 18.2 Å². The molecule has 1 unspecified atom stereocenters. The van der Waals surface area contributed by atoms with E-state index < -0.39 is 12.0 Å². The van der Waals surface area contributed by atoms with Crippen LogP contribution in [0.25, 0.3) is 0 Å². The number of ether oxygens (including phenoxy) is 1. The van der Waals surface area contributed by atoms with E-state index in [1.807, 2.05) is 20.8 Å². The number of esters is 1. The van der Waals surface area contributed by atoms with Crippen molar-refractivity contribution in [3.8, 4) is 0 Å². The molecule has 0 aromatic heterocycles. The summed E-state index contributed by atoms with van der Waals surface area (Å²) in [5.41, 5.74) is 1.27. The Bertz CT molecular complexity index is 500. The van der Waals surface area contributed by atoms with Gasteiger partial charge in [0.15, 0.2) is 0 Å². The Balaban J connectivity index is 2.90. The van der Waals surface area contributed by atoms with Gasteiger partial charge in [-0.1, -0.05) is 31.5 Å². The van der Waals surface area contributed by atoms with Crippen LogP contribution in [0.3, 0.4) is 0 Å². The third kappa shape index (κ3) is 4.53. The van der Waals surface area contributed by atoms with Gasteiger partial charge < -0.3 is 10.1 Å². The number of nitrogens with one attached hydrogen (secondary N) is 1. The number of rotatable bonds is 5. The lowest BCUT2D eigenvalue weighted by Crippen LogP contribution is -2.42. The van der Waals surface area contributed by atoms with Crippen LogP contribution in [-0.2, 0) is 9.53 Å². The van der Waals surface area contributed by atoms with E-state index in [0.29, 0.717) is 17.0 Å². The maximum absolute atomic E-state index is 12.3. The lowest BCUT2D eigenvalue weighted by molar-refractivity contribution is -0.143. The van der Waals surface area contributed by atoms with Crippen LogP contribution in [0.4, 0.5) is 0 Å². The molecule has 0 bridgehead atoms. The van der Waals surface area contributed by atoms with Crippen LogP contribution >= 0.6 is 11.6 Å². The fourth-order valence-corrected chi connectivity index (χ4v) is 2.07. The number of hydrogen-bond donors (Lipinski definition) is 1. The van der Waals surface area contributed by atoms with Gasteiger partial charge in [-0.05, 0) is 37.0 Å². The number of amides is 1. The molecule has 1 amide bonds. The van der Waals surface area contributed by atoms with Crippen LogP contribution in [0, 0.1) is 12.8 Å². The Morgan fingerprint density at radius 1 is 1.35 bits per heavy atom. The predicted molar refractivity (Wildman–Crippen MR) is 78.9 cm³/mol. The Kier molecular flexibility index (Phi) is 6.02. The molecule has 0 saturated carbocycles. The van der Waals surface area contributed by atoms with E-state index in [1.54, 1.807) is 18.2 Å². The van der Waals surface area contributed by atoms with Crippen LogP contribution in [0.2, 0.25) is 5.02 Å². The third-order valence-electron chi connectivity index (χ3n) is 2.94. The van der Waals surface area contributed by atoms with Gasteiger partial charge in [0.05, 0.1) is 7.11 Å². The molecule has 1 aromatic rings. The van der Waals surface area contributed by atoms with Gasteiger partial charge in [-0.25, -0.2) is 4.79 Å². The summed E-state index contributed by atoms with van der Waals surface area (Å²) in [4.78, 5) is 24.0. The molecule has 0 heterocycles. The van der Waals surface area contributed by atoms with Gasteiger partial charge in [0.1, 0.15) is 6.04 Å². The summed E-state index contributed by atoms with van der Waals surface area (Å²) in [5.74, 6) is -0.493. The van der Waals surface area contributed by atoms with E-state index in [4.69, 9.17) is 16.3 Å². The average Bonchev–Trinajstić information content (AvgIpc) is 2.39. The molecular weight excluding hydrogens is 278 g/mol. The number of aryl methyl sites for hydroxylation is 1. The summed E-state index contributed by atoms with van der Waals surface area (Å²) >= 11 is 5.90. The summed E-state index contributed by atoms with van der Waals surface area (Å²) in [6, 6.07) is 4.44. The van der Waals surface area contributed by atoms with Crippen molar-refractivity contribution in [2.45, 2.75) is 33.2 Å². The van der Waals surface area contributed by atoms with Crippen molar-refractivity contribution in [3.63, 3.8) is 0 Å². The Labute approximate surface area is 124 Å². The van der Waals surface area contributed by atoms with Crippen molar-refractivity contribution in [1.82, 2.24) is 5.32 Å². The van der Waals surface area contributed by atoms with E-state index in [1.165, 1.54) is 7.11 Å². The lowest BCUT2D eigenvalue weighted by atomic mass is 10.0. The zero-order valence-corrected chi connectivity index (χ0v) is 13.0. The van der Waals surface area contributed by atoms with Crippen LogP contribution < -0.4 is 5.32 Å². The van der Waals surface area contributed by atoms with Gasteiger partial charge >= 0.3 is 5.97 Å². The number of carbonyl (C=O) groups is 2.